The Morgan fingerprint density at radius 3 is 1.64 bits per heavy atom. The highest BCUT2D eigenvalue weighted by molar-refractivity contribution is 7.87. The van der Waals surface area contributed by atoms with Gasteiger partial charge in [0, 0.05) is 0 Å². The number of alkyl halides is 3. The number of ether oxygens (including phenoxy) is 1. The zero-order valence-electron chi connectivity index (χ0n) is 20.0. The lowest BCUT2D eigenvalue weighted by Crippen LogP contribution is -2.41. The smallest absolute Gasteiger partial charge is 0.495 e. The van der Waals surface area contributed by atoms with Gasteiger partial charge in [0.05, 0.1) is 35.2 Å². The largest absolute Gasteiger partial charge is 0.534 e. The summed E-state index contributed by atoms with van der Waals surface area (Å²) in [7, 11) is -6.60. The lowest BCUT2D eigenvalue weighted by Gasteiger charge is -2.32. The summed E-state index contributed by atoms with van der Waals surface area (Å²) in [6.07, 6.45) is 1.62. The number of nitrogens with zero attached hydrogens (tertiary/aromatic N) is 1. The molecule has 2 saturated heterocycles. The number of aliphatic imine (C=N–C) groups is 1. The van der Waals surface area contributed by atoms with Crippen LogP contribution >= 0.6 is 0 Å². The maximum absolute atomic E-state index is 11.9. The number of hydrogen-bond acceptors (Lipinski definition) is 9. The molecular formula is C18H30B2F3NO8S. The third-order valence-corrected chi connectivity index (χ3v) is 6.99. The molecule has 0 aromatic heterocycles. The summed E-state index contributed by atoms with van der Waals surface area (Å²) < 4.78 is 88.9. The van der Waals surface area contributed by atoms with Crippen LogP contribution in [-0.4, -0.2) is 69.7 Å². The molecule has 0 amide bonds. The van der Waals surface area contributed by atoms with Gasteiger partial charge >= 0.3 is 29.6 Å². The van der Waals surface area contributed by atoms with E-state index in [1.54, 1.807) is 0 Å². The van der Waals surface area contributed by atoms with Crippen LogP contribution in [0.4, 0.5) is 13.2 Å². The standard InChI is InChI=1S/C12H24B2O4.C6H6F3NO4S/c1-9(2)10(3,4)16-13(15-9)14-17-11(5,6)12(7,8)18-14;7-6(8,9)15(11,12)14-5-3-10-1-2-13-4-5/h1-8H3;3-4H,1-2H2. The molecule has 15 heteroatoms. The number of hydrogen-bond donors (Lipinski definition) is 0. The molecule has 0 atom stereocenters. The highest BCUT2D eigenvalue weighted by atomic mass is 32.2. The average molecular weight is 499 g/mol. The van der Waals surface area contributed by atoms with Gasteiger partial charge in [0.15, 0.2) is 5.76 Å². The monoisotopic (exact) mass is 499 g/mol. The molecule has 0 unspecified atom stereocenters. The quantitative estimate of drug-likeness (QED) is 0.332. The van der Waals surface area contributed by atoms with Crippen molar-refractivity contribution in [3.8, 4) is 0 Å². The molecule has 0 N–H and O–H groups in total. The van der Waals surface area contributed by atoms with Crippen LogP contribution in [-0.2, 0) is 37.7 Å². The topological polar surface area (TPSA) is 102 Å². The maximum atomic E-state index is 11.9. The van der Waals surface area contributed by atoms with E-state index in [0.717, 1.165) is 12.5 Å². The van der Waals surface area contributed by atoms with Crippen molar-refractivity contribution in [1.82, 2.24) is 0 Å². The molecule has 0 aromatic rings. The van der Waals surface area contributed by atoms with Crippen molar-refractivity contribution >= 4 is 30.4 Å². The lowest BCUT2D eigenvalue weighted by atomic mass is 9.49. The lowest BCUT2D eigenvalue weighted by molar-refractivity contribution is -0.0519. The summed E-state index contributed by atoms with van der Waals surface area (Å²) in [4.78, 5) is 3.54. The van der Waals surface area contributed by atoms with Crippen LogP contribution in [0.25, 0.3) is 0 Å². The summed E-state index contributed by atoms with van der Waals surface area (Å²) in [5.74, 6) is -0.607. The second-order valence-electron chi connectivity index (χ2n) is 9.66. The Morgan fingerprint density at radius 1 is 0.879 bits per heavy atom. The molecule has 0 aliphatic carbocycles. The number of allylic oxidation sites excluding steroid dienone is 1. The second kappa shape index (κ2) is 9.06. The molecule has 0 bridgehead atoms. The summed E-state index contributed by atoms with van der Waals surface area (Å²) >= 11 is 0. The van der Waals surface area contributed by atoms with E-state index in [1.807, 2.05) is 55.4 Å². The van der Waals surface area contributed by atoms with Gasteiger partial charge in [-0.05, 0) is 55.4 Å². The molecule has 0 saturated carbocycles. The van der Waals surface area contributed by atoms with E-state index < -0.39 is 35.4 Å². The van der Waals surface area contributed by atoms with Crippen LogP contribution < -0.4 is 0 Å². The molecule has 3 heterocycles. The SMILES string of the molecule is CC1(C)OB(B2OC(C)(C)C(C)(C)O2)OC1(C)C.O=S(=O)(OC1=COCCN=C1)C(F)(F)F. The van der Waals surface area contributed by atoms with Gasteiger partial charge in [0.25, 0.3) is 0 Å². The predicted molar refractivity (Wildman–Crippen MR) is 116 cm³/mol. The van der Waals surface area contributed by atoms with Crippen molar-refractivity contribution in [2.24, 2.45) is 4.99 Å². The minimum Gasteiger partial charge on any atom is -0.495 e. The molecule has 9 nitrogen and oxygen atoms in total. The molecule has 2 fully saturated rings. The first-order valence-electron chi connectivity index (χ1n) is 10.2. The zero-order valence-corrected chi connectivity index (χ0v) is 20.8. The van der Waals surface area contributed by atoms with E-state index in [2.05, 4.69) is 13.9 Å². The van der Waals surface area contributed by atoms with E-state index in [0.29, 0.717) is 0 Å². The average Bonchev–Trinajstić information content (AvgIpc) is 2.84. The minimum absolute atomic E-state index is 0.148. The van der Waals surface area contributed by atoms with Crippen LogP contribution in [0.2, 0.25) is 0 Å². The van der Waals surface area contributed by atoms with Crippen LogP contribution in [0.3, 0.4) is 0 Å². The highest BCUT2D eigenvalue weighted by Crippen LogP contribution is 2.42. The highest BCUT2D eigenvalue weighted by Gasteiger charge is 2.63. The maximum Gasteiger partial charge on any atom is 0.534 e. The van der Waals surface area contributed by atoms with Gasteiger partial charge in [-0.2, -0.15) is 21.6 Å². The first-order valence-corrected chi connectivity index (χ1v) is 11.7. The van der Waals surface area contributed by atoms with Gasteiger partial charge in [-0.3, -0.25) is 4.99 Å². The Bertz CT molecular complexity index is 822. The van der Waals surface area contributed by atoms with Crippen LogP contribution in [0.15, 0.2) is 17.0 Å². The Balaban J connectivity index is 0.000000238. The third-order valence-electron chi connectivity index (χ3n) is 6.01. The summed E-state index contributed by atoms with van der Waals surface area (Å²) in [5.41, 5.74) is -6.90. The van der Waals surface area contributed by atoms with Gasteiger partial charge in [0.1, 0.15) is 12.9 Å². The van der Waals surface area contributed by atoms with Crippen molar-refractivity contribution < 1.29 is 49.1 Å². The van der Waals surface area contributed by atoms with Gasteiger partial charge in [-0.1, -0.05) is 0 Å². The van der Waals surface area contributed by atoms with Crippen molar-refractivity contribution in [1.29, 1.82) is 0 Å². The Kier molecular flexibility index (Phi) is 7.68. The van der Waals surface area contributed by atoms with Crippen molar-refractivity contribution in [2.75, 3.05) is 13.2 Å². The number of rotatable bonds is 3. The summed E-state index contributed by atoms with van der Waals surface area (Å²) in [5, 5.41) is 0. The first kappa shape index (κ1) is 28.0. The van der Waals surface area contributed by atoms with Crippen molar-refractivity contribution in [2.45, 2.75) is 83.3 Å². The zero-order chi connectivity index (χ0) is 25.5. The summed E-state index contributed by atoms with van der Waals surface area (Å²) in [6, 6.07) is 0. The van der Waals surface area contributed by atoms with E-state index in [-0.39, 0.29) is 35.6 Å². The third kappa shape index (κ3) is 6.24. The Hall–Kier alpha value is -1.28. The van der Waals surface area contributed by atoms with Crippen molar-refractivity contribution in [3.63, 3.8) is 0 Å². The Morgan fingerprint density at radius 2 is 1.27 bits per heavy atom. The molecule has 3 aliphatic heterocycles. The molecule has 0 aromatic carbocycles. The fraction of sp³-hybridized carbons (Fsp3) is 0.833. The van der Waals surface area contributed by atoms with Gasteiger partial charge in [0.2, 0.25) is 0 Å². The van der Waals surface area contributed by atoms with Crippen molar-refractivity contribution in [3.05, 3.63) is 12.0 Å². The van der Waals surface area contributed by atoms with Gasteiger partial charge in [-0.25, -0.2) is 0 Å². The molecule has 3 rings (SSSR count). The van der Waals surface area contributed by atoms with Crippen LogP contribution in [0.1, 0.15) is 55.4 Å². The van der Waals surface area contributed by atoms with E-state index in [1.165, 1.54) is 0 Å². The molecule has 0 spiro atoms. The fourth-order valence-electron chi connectivity index (χ4n) is 2.65. The first-order chi connectivity index (χ1) is 14.7. The second-order valence-corrected chi connectivity index (χ2v) is 11.2. The predicted octanol–water partition coefficient (Wildman–Crippen LogP) is 3.04. The Labute approximate surface area is 193 Å². The fourth-order valence-corrected chi connectivity index (χ4v) is 3.08. The molecule has 3 aliphatic rings. The molecule has 33 heavy (non-hydrogen) atoms. The van der Waals surface area contributed by atoms with E-state index in [9.17, 15) is 21.6 Å². The van der Waals surface area contributed by atoms with Gasteiger partial charge in [-0.15, -0.1) is 0 Å². The molecule has 0 radical (unpaired) electrons. The van der Waals surface area contributed by atoms with Crippen LogP contribution in [0.5, 0.6) is 0 Å². The normalized spacial score (nSPS) is 25.5. The minimum atomic E-state index is -5.65. The summed E-state index contributed by atoms with van der Waals surface area (Å²) in [6.45, 7) is 16.6. The van der Waals surface area contributed by atoms with E-state index >= 15 is 0 Å². The van der Waals surface area contributed by atoms with E-state index in [4.69, 9.17) is 18.6 Å². The van der Waals surface area contributed by atoms with Crippen LogP contribution in [0, 0.1) is 0 Å². The molecule has 188 valence electrons. The molecular weight excluding hydrogens is 469 g/mol. The van der Waals surface area contributed by atoms with Gasteiger partial charge < -0.3 is 27.5 Å². The number of halogens is 3.